The molecule has 1 atom stereocenters. The predicted molar refractivity (Wildman–Crippen MR) is 60.9 cm³/mol. The molecule has 0 aliphatic carbocycles. The highest BCUT2D eigenvalue weighted by molar-refractivity contribution is 4.74. The third-order valence-electron chi connectivity index (χ3n) is 3.02. The van der Waals surface area contributed by atoms with Gasteiger partial charge in [0.25, 0.3) is 0 Å². The van der Waals surface area contributed by atoms with E-state index in [1.807, 2.05) is 0 Å². The summed E-state index contributed by atoms with van der Waals surface area (Å²) in [6, 6.07) is 0.704. The van der Waals surface area contributed by atoms with E-state index in [4.69, 9.17) is 10.2 Å². The summed E-state index contributed by atoms with van der Waals surface area (Å²) in [5.41, 5.74) is 0. The minimum absolute atomic E-state index is 0.182. The van der Waals surface area contributed by atoms with Crippen molar-refractivity contribution in [3.8, 4) is 0 Å². The topological polar surface area (TPSA) is 55.7 Å². The number of rotatable bonds is 8. The van der Waals surface area contributed by atoms with Crippen LogP contribution in [0, 0.1) is 0 Å². The van der Waals surface area contributed by atoms with E-state index in [0.717, 1.165) is 13.0 Å². The predicted octanol–water partition coefficient (Wildman–Crippen LogP) is -0.195. The minimum atomic E-state index is 0.182. The Bertz CT molecular complexity index is 144. The average Bonchev–Trinajstić information content (AvgIpc) is 2.71. The standard InChI is InChI=1S/C11H24N2O2/c14-9-7-13(8-10-15)6-2-4-11-3-1-5-12-11/h11-12,14-15H,1-10H2. The lowest BCUT2D eigenvalue weighted by atomic mass is 10.1. The van der Waals surface area contributed by atoms with Gasteiger partial charge in [-0.2, -0.15) is 0 Å². The molecule has 15 heavy (non-hydrogen) atoms. The van der Waals surface area contributed by atoms with Crippen molar-refractivity contribution in [2.45, 2.75) is 31.7 Å². The zero-order chi connectivity index (χ0) is 10.9. The zero-order valence-electron chi connectivity index (χ0n) is 9.49. The van der Waals surface area contributed by atoms with Crippen molar-refractivity contribution < 1.29 is 10.2 Å². The van der Waals surface area contributed by atoms with Gasteiger partial charge in [0, 0.05) is 19.1 Å². The SMILES string of the molecule is OCCN(CCO)CCCC1CCCN1. The molecule has 1 aliphatic rings. The van der Waals surface area contributed by atoms with Gasteiger partial charge in [0.1, 0.15) is 0 Å². The Kier molecular flexibility index (Phi) is 6.92. The van der Waals surface area contributed by atoms with Crippen LogP contribution in [0.4, 0.5) is 0 Å². The molecule has 0 saturated carbocycles. The number of aliphatic hydroxyl groups is 2. The van der Waals surface area contributed by atoms with Crippen LogP contribution in [0.3, 0.4) is 0 Å². The van der Waals surface area contributed by atoms with Gasteiger partial charge >= 0.3 is 0 Å². The lowest BCUT2D eigenvalue weighted by Crippen LogP contribution is -2.32. The lowest BCUT2D eigenvalue weighted by Gasteiger charge is -2.20. The van der Waals surface area contributed by atoms with Gasteiger partial charge in [-0.1, -0.05) is 0 Å². The lowest BCUT2D eigenvalue weighted by molar-refractivity contribution is 0.158. The van der Waals surface area contributed by atoms with E-state index in [1.165, 1.54) is 25.8 Å². The Hall–Kier alpha value is -0.160. The van der Waals surface area contributed by atoms with Crippen LogP contribution in [0.1, 0.15) is 25.7 Å². The second kappa shape index (κ2) is 8.05. The molecule has 0 aromatic carbocycles. The molecule has 1 heterocycles. The van der Waals surface area contributed by atoms with Crippen LogP contribution in [-0.4, -0.2) is 60.5 Å². The molecule has 4 nitrogen and oxygen atoms in total. The van der Waals surface area contributed by atoms with E-state index < -0.39 is 0 Å². The van der Waals surface area contributed by atoms with Gasteiger partial charge in [-0.3, -0.25) is 4.90 Å². The molecule has 0 radical (unpaired) electrons. The normalized spacial score (nSPS) is 21.4. The molecular formula is C11H24N2O2. The summed E-state index contributed by atoms with van der Waals surface area (Å²) < 4.78 is 0. The maximum Gasteiger partial charge on any atom is 0.0558 e. The fourth-order valence-corrected chi connectivity index (χ4v) is 2.18. The van der Waals surface area contributed by atoms with Crippen molar-refractivity contribution in [1.29, 1.82) is 0 Å². The first kappa shape index (κ1) is 12.9. The molecule has 1 saturated heterocycles. The van der Waals surface area contributed by atoms with Gasteiger partial charge < -0.3 is 15.5 Å². The second-order valence-corrected chi connectivity index (χ2v) is 4.22. The highest BCUT2D eigenvalue weighted by atomic mass is 16.3. The van der Waals surface area contributed by atoms with E-state index in [-0.39, 0.29) is 13.2 Å². The Labute approximate surface area is 92.3 Å². The van der Waals surface area contributed by atoms with Crippen LogP contribution in [0.5, 0.6) is 0 Å². The van der Waals surface area contributed by atoms with E-state index in [2.05, 4.69) is 10.2 Å². The van der Waals surface area contributed by atoms with Crippen LogP contribution in [-0.2, 0) is 0 Å². The van der Waals surface area contributed by atoms with Gasteiger partial charge in [0.05, 0.1) is 13.2 Å². The Morgan fingerprint density at radius 2 is 1.87 bits per heavy atom. The fourth-order valence-electron chi connectivity index (χ4n) is 2.18. The number of nitrogens with one attached hydrogen (secondary N) is 1. The molecule has 1 fully saturated rings. The molecule has 4 heteroatoms. The van der Waals surface area contributed by atoms with E-state index in [1.54, 1.807) is 0 Å². The highest BCUT2D eigenvalue weighted by Gasteiger charge is 2.13. The molecule has 90 valence electrons. The van der Waals surface area contributed by atoms with Crippen LogP contribution in [0.15, 0.2) is 0 Å². The summed E-state index contributed by atoms with van der Waals surface area (Å²) in [4.78, 5) is 2.12. The quantitative estimate of drug-likeness (QED) is 0.526. The van der Waals surface area contributed by atoms with Gasteiger partial charge in [-0.25, -0.2) is 0 Å². The van der Waals surface area contributed by atoms with Gasteiger partial charge in [0.2, 0.25) is 0 Å². The average molecular weight is 216 g/mol. The van der Waals surface area contributed by atoms with E-state index >= 15 is 0 Å². The first-order valence-electron chi connectivity index (χ1n) is 6.04. The third-order valence-corrected chi connectivity index (χ3v) is 3.02. The van der Waals surface area contributed by atoms with E-state index in [0.29, 0.717) is 19.1 Å². The number of nitrogens with zero attached hydrogens (tertiary/aromatic N) is 1. The van der Waals surface area contributed by atoms with Crippen molar-refractivity contribution >= 4 is 0 Å². The molecule has 0 bridgehead atoms. The number of aliphatic hydroxyl groups excluding tert-OH is 2. The Balaban J connectivity index is 2.04. The van der Waals surface area contributed by atoms with Gasteiger partial charge in [-0.05, 0) is 38.8 Å². The summed E-state index contributed by atoms with van der Waals surface area (Å²) in [6.07, 6.45) is 4.98. The monoisotopic (exact) mass is 216 g/mol. The Morgan fingerprint density at radius 3 is 2.40 bits per heavy atom. The van der Waals surface area contributed by atoms with Crippen LogP contribution in [0.2, 0.25) is 0 Å². The number of hydrogen-bond acceptors (Lipinski definition) is 4. The third kappa shape index (κ3) is 5.47. The first-order chi connectivity index (χ1) is 7.36. The summed E-state index contributed by atoms with van der Waals surface area (Å²) in [5.74, 6) is 0. The van der Waals surface area contributed by atoms with Crippen molar-refractivity contribution in [1.82, 2.24) is 10.2 Å². The van der Waals surface area contributed by atoms with Crippen LogP contribution >= 0.6 is 0 Å². The van der Waals surface area contributed by atoms with Gasteiger partial charge in [-0.15, -0.1) is 0 Å². The van der Waals surface area contributed by atoms with Crippen molar-refractivity contribution in [2.24, 2.45) is 0 Å². The van der Waals surface area contributed by atoms with Crippen molar-refractivity contribution in [3.63, 3.8) is 0 Å². The largest absolute Gasteiger partial charge is 0.395 e. The minimum Gasteiger partial charge on any atom is -0.395 e. The van der Waals surface area contributed by atoms with Crippen LogP contribution < -0.4 is 5.32 Å². The number of hydrogen-bond donors (Lipinski definition) is 3. The van der Waals surface area contributed by atoms with Crippen molar-refractivity contribution in [2.75, 3.05) is 39.4 Å². The van der Waals surface area contributed by atoms with Crippen molar-refractivity contribution in [3.05, 3.63) is 0 Å². The molecule has 1 unspecified atom stereocenters. The van der Waals surface area contributed by atoms with Gasteiger partial charge in [0.15, 0.2) is 0 Å². The first-order valence-corrected chi connectivity index (χ1v) is 6.04. The molecule has 3 N–H and O–H groups in total. The maximum atomic E-state index is 8.84. The Morgan fingerprint density at radius 1 is 1.13 bits per heavy atom. The second-order valence-electron chi connectivity index (χ2n) is 4.22. The molecule has 0 aromatic heterocycles. The summed E-state index contributed by atoms with van der Waals surface area (Å²) in [5, 5.41) is 21.2. The highest BCUT2D eigenvalue weighted by Crippen LogP contribution is 2.10. The molecule has 0 amide bonds. The molecule has 0 aromatic rings. The zero-order valence-corrected chi connectivity index (χ0v) is 9.49. The molecular weight excluding hydrogens is 192 g/mol. The summed E-state index contributed by atoms with van der Waals surface area (Å²) in [6.45, 7) is 3.88. The summed E-state index contributed by atoms with van der Waals surface area (Å²) in [7, 11) is 0. The smallest absolute Gasteiger partial charge is 0.0558 e. The summed E-state index contributed by atoms with van der Waals surface area (Å²) >= 11 is 0. The van der Waals surface area contributed by atoms with E-state index in [9.17, 15) is 0 Å². The molecule has 0 spiro atoms. The molecule has 1 aliphatic heterocycles. The molecule has 1 rings (SSSR count). The van der Waals surface area contributed by atoms with Crippen LogP contribution in [0.25, 0.3) is 0 Å². The maximum absolute atomic E-state index is 8.84. The fraction of sp³-hybridized carbons (Fsp3) is 1.00.